The van der Waals surface area contributed by atoms with Crippen molar-refractivity contribution < 1.29 is 22.0 Å². The molecule has 0 aliphatic carbocycles. The van der Waals surface area contributed by atoms with Crippen LogP contribution in [-0.2, 0) is 14.6 Å². The van der Waals surface area contributed by atoms with E-state index in [1.54, 1.807) is 16.7 Å². The number of nitrogen functional groups attached to an aromatic ring is 1. The second-order valence-electron chi connectivity index (χ2n) is 12.6. The third kappa shape index (κ3) is 5.74. The van der Waals surface area contributed by atoms with Gasteiger partial charge in [-0.15, -0.1) is 0 Å². The lowest BCUT2D eigenvalue weighted by Gasteiger charge is -2.29. The Morgan fingerprint density at radius 3 is 2.23 bits per heavy atom. The van der Waals surface area contributed by atoms with E-state index in [-0.39, 0.29) is 80.9 Å². The molecule has 2 saturated heterocycles. The topological polar surface area (TPSA) is 118 Å². The number of hydrogen-bond acceptors (Lipinski definition) is 7. The van der Waals surface area contributed by atoms with E-state index in [1.807, 2.05) is 13.8 Å². The van der Waals surface area contributed by atoms with Crippen molar-refractivity contribution in [3.8, 4) is 11.1 Å². The number of carbonyl (C=O) groups excluding carboxylic acids is 1. The first-order valence-corrected chi connectivity index (χ1v) is 17.7. The lowest BCUT2D eigenvalue weighted by Crippen LogP contribution is -2.36. The van der Waals surface area contributed by atoms with Crippen LogP contribution in [0.5, 0.6) is 0 Å². The molecule has 3 aromatic rings. The van der Waals surface area contributed by atoms with Crippen LogP contribution in [0.25, 0.3) is 27.7 Å². The Morgan fingerprint density at radius 2 is 1.73 bits per heavy atom. The smallest absolute Gasteiger partial charge is 0.276 e. The Morgan fingerprint density at radius 1 is 1.10 bits per heavy atom. The van der Waals surface area contributed by atoms with Gasteiger partial charge in [-0.05, 0) is 42.7 Å². The van der Waals surface area contributed by atoms with Gasteiger partial charge >= 0.3 is 0 Å². The molecule has 0 unspecified atom stereocenters. The number of nitrogens with two attached hydrogens (primary N) is 1. The number of rotatable bonds is 8. The molecule has 2 N–H and O–H groups in total. The van der Waals surface area contributed by atoms with Gasteiger partial charge in [-0.25, -0.2) is 17.2 Å². The summed E-state index contributed by atoms with van der Waals surface area (Å²) in [5.41, 5.74) is 5.00. The average molecular weight is 698 g/mol. The second-order valence-corrected chi connectivity index (χ2v) is 15.0. The molecule has 0 spiro atoms. The second kappa shape index (κ2) is 13.0. The van der Waals surface area contributed by atoms with Crippen molar-refractivity contribution in [2.24, 2.45) is 22.7 Å². The summed E-state index contributed by atoms with van der Waals surface area (Å²) in [7, 11) is -2.75. The minimum absolute atomic E-state index is 0.00579. The zero-order valence-electron chi connectivity index (χ0n) is 27.5. The first-order valence-electron chi connectivity index (χ1n) is 15.4. The Labute approximate surface area is 283 Å². The molecule has 48 heavy (non-hydrogen) atoms. The molecule has 5 rings (SSSR count). The molecule has 1 amide bonds. The van der Waals surface area contributed by atoms with E-state index < -0.39 is 31.9 Å². The number of carbonyl (C=O) groups is 1. The fourth-order valence-electron chi connectivity index (χ4n) is 7.04. The average Bonchev–Trinajstić information content (AvgIpc) is 3.59. The molecule has 1 aromatic heterocycles. The maximum absolute atomic E-state index is 17.4. The van der Waals surface area contributed by atoms with Gasteiger partial charge in [0.25, 0.3) is 5.56 Å². The summed E-state index contributed by atoms with van der Waals surface area (Å²) < 4.78 is 61.2. The molecule has 9 nitrogen and oxygen atoms in total. The number of fused-ring (bicyclic) bond motifs is 2. The molecule has 13 heteroatoms. The third-order valence-electron chi connectivity index (χ3n) is 9.17. The first-order chi connectivity index (χ1) is 22.6. The summed E-state index contributed by atoms with van der Waals surface area (Å²) >= 11 is 6.78. The lowest BCUT2D eigenvalue weighted by atomic mass is 9.97. The van der Waals surface area contributed by atoms with Crippen LogP contribution >= 0.6 is 11.6 Å². The molecule has 2 aromatic carbocycles. The molecule has 3 heterocycles. The number of pyridine rings is 1. The van der Waals surface area contributed by atoms with Gasteiger partial charge in [0.2, 0.25) is 5.91 Å². The Kier molecular flexibility index (Phi) is 9.46. The first kappa shape index (κ1) is 35.0. The summed E-state index contributed by atoms with van der Waals surface area (Å²) in [5.74, 6) is -2.49. The quantitative estimate of drug-likeness (QED) is 0.137. The molecular formula is C35H38ClF2N5O4S. The van der Waals surface area contributed by atoms with E-state index in [4.69, 9.17) is 17.3 Å². The molecule has 2 fully saturated rings. The number of halogens is 3. The third-order valence-corrected chi connectivity index (χ3v) is 10.6. The molecular weight excluding hydrogens is 660 g/mol. The fraction of sp³-hybridized carbons (Fsp3) is 0.343. The van der Waals surface area contributed by atoms with Crippen LogP contribution in [0, 0.1) is 29.4 Å². The van der Waals surface area contributed by atoms with Gasteiger partial charge < -0.3 is 15.5 Å². The molecule has 2 aliphatic rings. The molecule has 2 atom stereocenters. The minimum atomic E-state index is -4.27. The molecule has 0 bridgehead atoms. The SMILES string of the molecule is C=CC(=O)N1C[C@@H]2CN(c3c(S(C)(=O)=O)c(=O)n(C(/C(=N\C)C(C)C)=C(\C)C=C)c4c(F)c(-c5c(N)cccc5F)c(Cl)cc34)C[C@@H]2C1. The highest BCUT2D eigenvalue weighted by Gasteiger charge is 2.44. The van der Waals surface area contributed by atoms with E-state index in [1.165, 1.54) is 37.4 Å². The number of aliphatic imine (C=N–C) groups is 1. The normalized spacial score (nSPS) is 18.8. The molecule has 0 saturated carbocycles. The Balaban J connectivity index is 1.97. The highest BCUT2D eigenvalue weighted by molar-refractivity contribution is 7.90. The van der Waals surface area contributed by atoms with Crippen LogP contribution in [-0.4, -0.2) is 69.0 Å². The highest BCUT2D eigenvalue weighted by Crippen LogP contribution is 2.46. The summed E-state index contributed by atoms with van der Waals surface area (Å²) in [4.78, 5) is 34.5. The van der Waals surface area contributed by atoms with E-state index in [0.717, 1.165) is 16.9 Å². The molecule has 2 aliphatic heterocycles. The number of hydrogen-bond donors (Lipinski definition) is 1. The van der Waals surface area contributed by atoms with Gasteiger partial charge in [0.1, 0.15) is 5.82 Å². The number of aromatic nitrogens is 1. The van der Waals surface area contributed by atoms with Crippen LogP contribution in [0.15, 0.2) is 69.8 Å². The zero-order valence-corrected chi connectivity index (χ0v) is 29.1. The van der Waals surface area contributed by atoms with Crippen LogP contribution in [0.2, 0.25) is 5.02 Å². The largest absolute Gasteiger partial charge is 0.398 e. The Bertz CT molecular complexity index is 2090. The number of likely N-dealkylation sites (tertiary alicyclic amines) is 1. The van der Waals surface area contributed by atoms with E-state index >= 15 is 8.78 Å². The highest BCUT2D eigenvalue weighted by atomic mass is 35.5. The number of amides is 1. The monoisotopic (exact) mass is 697 g/mol. The van der Waals surface area contributed by atoms with Crippen molar-refractivity contribution in [2.75, 3.05) is 50.1 Å². The van der Waals surface area contributed by atoms with Crippen LogP contribution in [0.3, 0.4) is 0 Å². The summed E-state index contributed by atoms with van der Waals surface area (Å²) in [6.45, 7) is 14.2. The van der Waals surface area contributed by atoms with Crippen molar-refractivity contribution >= 4 is 61.0 Å². The number of benzene rings is 2. The van der Waals surface area contributed by atoms with Gasteiger partial charge in [-0.2, -0.15) is 0 Å². The number of nitrogens with zero attached hydrogens (tertiary/aromatic N) is 4. The molecule has 0 radical (unpaired) electrons. The van der Waals surface area contributed by atoms with E-state index in [0.29, 0.717) is 24.4 Å². The minimum Gasteiger partial charge on any atom is -0.398 e. The predicted molar refractivity (Wildman–Crippen MR) is 189 cm³/mol. The van der Waals surface area contributed by atoms with Crippen molar-refractivity contribution in [1.29, 1.82) is 0 Å². The van der Waals surface area contributed by atoms with Gasteiger partial charge in [0.15, 0.2) is 20.5 Å². The van der Waals surface area contributed by atoms with Gasteiger partial charge in [0, 0.05) is 73.5 Å². The van der Waals surface area contributed by atoms with Crippen molar-refractivity contribution in [1.82, 2.24) is 9.47 Å². The molecule has 254 valence electrons. The number of allylic oxidation sites excluding steroid dienone is 3. The summed E-state index contributed by atoms with van der Waals surface area (Å²) in [6, 6.07) is 5.26. The van der Waals surface area contributed by atoms with Crippen LogP contribution < -0.4 is 16.2 Å². The van der Waals surface area contributed by atoms with Crippen LogP contribution in [0.4, 0.5) is 20.2 Å². The summed E-state index contributed by atoms with van der Waals surface area (Å²) in [5, 5.41) is -0.201. The van der Waals surface area contributed by atoms with E-state index in [2.05, 4.69) is 18.2 Å². The van der Waals surface area contributed by atoms with Crippen molar-refractivity contribution in [3.05, 3.63) is 82.2 Å². The summed E-state index contributed by atoms with van der Waals surface area (Å²) in [6.07, 6.45) is 3.65. The maximum Gasteiger partial charge on any atom is 0.276 e. The maximum atomic E-state index is 17.4. The van der Waals surface area contributed by atoms with Crippen LogP contribution in [0.1, 0.15) is 20.8 Å². The number of anilines is 2. The fourth-order valence-corrected chi connectivity index (χ4v) is 8.33. The lowest BCUT2D eigenvalue weighted by molar-refractivity contribution is -0.125. The van der Waals surface area contributed by atoms with Gasteiger partial charge in [-0.1, -0.05) is 50.7 Å². The van der Waals surface area contributed by atoms with Gasteiger partial charge in [0.05, 0.1) is 27.6 Å². The zero-order chi connectivity index (χ0) is 35.4. The Hall–Kier alpha value is -4.29. The van der Waals surface area contributed by atoms with Crippen molar-refractivity contribution in [3.63, 3.8) is 0 Å². The van der Waals surface area contributed by atoms with Crippen molar-refractivity contribution in [2.45, 2.75) is 25.7 Å². The standard InChI is InChI=1S/C35H38ClF2N5O4S/c1-8-19(5)31(30(40-6)18(3)4)43-32-22(13-23(36)27(29(32)38)28-24(37)11-10-12-25(28)39)33(34(35(43)45)48(7,46)47)42-16-20-14-41(26(44)9-2)15-21(20)17-42/h8-13,18,20-21H,1-2,14-17,39H2,3-7H3/b31-19+,40-30-/t20-,21+. The van der Waals surface area contributed by atoms with E-state index in [9.17, 15) is 18.0 Å². The number of sulfone groups is 1. The van der Waals surface area contributed by atoms with Gasteiger partial charge in [-0.3, -0.25) is 19.1 Å². The predicted octanol–water partition coefficient (Wildman–Crippen LogP) is 5.81.